The smallest absolute Gasteiger partial charge is 0.243 e. The number of hydrogen-bond donors (Lipinski definition) is 1. The van der Waals surface area contributed by atoms with Gasteiger partial charge < -0.3 is 15.0 Å². The van der Waals surface area contributed by atoms with Gasteiger partial charge in [-0.15, -0.1) is 0 Å². The standard InChI is InChI=1S/C23H25N3O5S/c1-17(27)26-10-9-18-5-2-3-8-21(18)22(26)16-23(28)24-19-6-4-7-20(15-19)32(29,30)25-11-13-31-14-12-25/h2-10,15,22H,11-14,16H2,1H3,(H,24,28)/t22-/m1/s1. The van der Waals surface area contributed by atoms with Gasteiger partial charge in [-0.3, -0.25) is 9.59 Å². The number of carbonyl (C=O) groups is 2. The molecule has 9 heteroatoms. The number of rotatable bonds is 5. The topological polar surface area (TPSA) is 96.0 Å². The second-order valence-corrected chi connectivity index (χ2v) is 9.62. The van der Waals surface area contributed by atoms with Gasteiger partial charge in [-0.25, -0.2) is 8.42 Å². The lowest BCUT2D eigenvalue weighted by atomic mass is 9.93. The predicted octanol–water partition coefficient (Wildman–Crippen LogP) is 2.61. The van der Waals surface area contributed by atoms with E-state index in [2.05, 4.69) is 5.32 Å². The molecule has 2 aliphatic heterocycles. The Morgan fingerprint density at radius 3 is 2.59 bits per heavy atom. The van der Waals surface area contributed by atoms with Crippen molar-refractivity contribution in [1.29, 1.82) is 0 Å². The van der Waals surface area contributed by atoms with Gasteiger partial charge in [0.25, 0.3) is 0 Å². The molecule has 8 nitrogen and oxygen atoms in total. The van der Waals surface area contributed by atoms with Crippen LogP contribution in [0.15, 0.2) is 59.6 Å². The third-order valence-corrected chi connectivity index (χ3v) is 7.47. The molecule has 32 heavy (non-hydrogen) atoms. The maximum absolute atomic E-state index is 12.9. The van der Waals surface area contributed by atoms with E-state index >= 15 is 0 Å². The quantitative estimate of drug-likeness (QED) is 0.748. The van der Waals surface area contributed by atoms with E-state index in [4.69, 9.17) is 4.74 Å². The number of sulfonamides is 1. The van der Waals surface area contributed by atoms with Crippen molar-refractivity contribution in [2.75, 3.05) is 31.6 Å². The monoisotopic (exact) mass is 455 g/mol. The van der Waals surface area contributed by atoms with Gasteiger partial charge in [0.1, 0.15) is 0 Å². The summed E-state index contributed by atoms with van der Waals surface area (Å²) in [5.41, 5.74) is 2.24. The van der Waals surface area contributed by atoms with Crippen LogP contribution in [0, 0.1) is 0 Å². The second-order valence-electron chi connectivity index (χ2n) is 7.68. The number of hydrogen-bond acceptors (Lipinski definition) is 5. The molecule has 2 aliphatic rings. The zero-order valence-corrected chi connectivity index (χ0v) is 18.5. The van der Waals surface area contributed by atoms with Gasteiger partial charge in [0.15, 0.2) is 0 Å². The van der Waals surface area contributed by atoms with Gasteiger partial charge in [0.05, 0.1) is 30.6 Å². The Morgan fingerprint density at radius 1 is 1.09 bits per heavy atom. The zero-order chi connectivity index (χ0) is 22.7. The highest BCUT2D eigenvalue weighted by atomic mass is 32.2. The number of amides is 2. The van der Waals surface area contributed by atoms with Gasteiger partial charge in [-0.2, -0.15) is 4.31 Å². The summed E-state index contributed by atoms with van der Waals surface area (Å²) < 4.78 is 32.4. The van der Waals surface area contributed by atoms with Gasteiger partial charge in [0.2, 0.25) is 21.8 Å². The van der Waals surface area contributed by atoms with E-state index in [1.54, 1.807) is 23.2 Å². The van der Waals surface area contributed by atoms with Crippen LogP contribution >= 0.6 is 0 Å². The Morgan fingerprint density at radius 2 is 1.84 bits per heavy atom. The molecule has 0 aromatic heterocycles. The Labute approximate surface area is 187 Å². The van der Waals surface area contributed by atoms with E-state index in [1.807, 2.05) is 30.3 Å². The summed E-state index contributed by atoms with van der Waals surface area (Å²) in [4.78, 5) is 26.7. The number of ether oxygens (including phenoxy) is 1. The van der Waals surface area contributed by atoms with E-state index in [0.717, 1.165) is 11.1 Å². The molecule has 4 rings (SSSR count). The molecule has 1 N–H and O–H groups in total. The normalized spacial score (nSPS) is 18.8. The Bertz CT molecular complexity index is 1160. The highest BCUT2D eigenvalue weighted by molar-refractivity contribution is 7.89. The molecule has 1 atom stereocenters. The minimum Gasteiger partial charge on any atom is -0.379 e. The molecule has 2 amide bonds. The fraction of sp³-hybridized carbons (Fsp3) is 0.304. The third-order valence-electron chi connectivity index (χ3n) is 5.57. The number of nitrogens with one attached hydrogen (secondary N) is 1. The molecule has 2 heterocycles. The summed E-state index contributed by atoms with van der Waals surface area (Å²) >= 11 is 0. The van der Waals surface area contributed by atoms with Crippen LogP contribution in [0.2, 0.25) is 0 Å². The van der Waals surface area contributed by atoms with Crippen LogP contribution < -0.4 is 5.32 Å². The summed E-state index contributed by atoms with van der Waals surface area (Å²) in [7, 11) is -3.67. The minimum atomic E-state index is -3.67. The van der Waals surface area contributed by atoms with Crippen LogP contribution in [-0.4, -0.2) is 55.7 Å². The van der Waals surface area contributed by atoms with E-state index in [-0.39, 0.29) is 23.1 Å². The van der Waals surface area contributed by atoms with E-state index in [9.17, 15) is 18.0 Å². The first-order valence-corrected chi connectivity index (χ1v) is 11.8. The van der Waals surface area contributed by atoms with Crippen LogP contribution in [0.4, 0.5) is 5.69 Å². The minimum absolute atomic E-state index is 0.0430. The summed E-state index contributed by atoms with van der Waals surface area (Å²) in [5, 5.41) is 2.79. The van der Waals surface area contributed by atoms with Crippen LogP contribution in [0.3, 0.4) is 0 Å². The van der Waals surface area contributed by atoms with Gasteiger partial charge >= 0.3 is 0 Å². The molecule has 1 saturated heterocycles. The van der Waals surface area contributed by atoms with Gasteiger partial charge in [0, 0.05) is 31.9 Å². The molecule has 0 saturated carbocycles. The molecule has 2 aromatic rings. The van der Waals surface area contributed by atoms with Crippen molar-refractivity contribution in [3.05, 3.63) is 65.9 Å². The maximum atomic E-state index is 12.9. The maximum Gasteiger partial charge on any atom is 0.243 e. The van der Waals surface area contributed by atoms with Crippen LogP contribution in [0.5, 0.6) is 0 Å². The van der Waals surface area contributed by atoms with Crippen molar-refractivity contribution >= 4 is 33.6 Å². The highest BCUT2D eigenvalue weighted by Gasteiger charge is 2.29. The van der Waals surface area contributed by atoms with E-state index < -0.39 is 16.1 Å². The number of carbonyl (C=O) groups excluding carboxylic acids is 2. The zero-order valence-electron chi connectivity index (χ0n) is 17.7. The largest absolute Gasteiger partial charge is 0.379 e. The lowest BCUT2D eigenvalue weighted by Crippen LogP contribution is -2.40. The van der Waals surface area contributed by atoms with Crippen LogP contribution in [0.25, 0.3) is 6.08 Å². The highest BCUT2D eigenvalue weighted by Crippen LogP contribution is 2.33. The molecular weight excluding hydrogens is 430 g/mol. The van der Waals surface area contributed by atoms with Gasteiger partial charge in [-0.1, -0.05) is 30.3 Å². The SMILES string of the molecule is CC(=O)N1C=Cc2ccccc2[C@H]1CC(=O)Nc1cccc(S(=O)(=O)N2CCOCC2)c1. The third kappa shape index (κ3) is 4.59. The van der Waals surface area contributed by atoms with Crippen molar-refractivity contribution in [2.24, 2.45) is 0 Å². The number of morpholine rings is 1. The average molecular weight is 456 g/mol. The van der Waals surface area contributed by atoms with E-state index in [1.165, 1.54) is 23.4 Å². The molecule has 2 aromatic carbocycles. The van der Waals surface area contributed by atoms with Crippen LogP contribution in [-0.2, 0) is 24.3 Å². The van der Waals surface area contributed by atoms with Crippen molar-refractivity contribution < 1.29 is 22.7 Å². The number of nitrogens with zero attached hydrogens (tertiary/aromatic N) is 2. The first kappa shape index (κ1) is 22.2. The molecule has 0 unspecified atom stereocenters. The predicted molar refractivity (Wildman–Crippen MR) is 120 cm³/mol. The fourth-order valence-electron chi connectivity index (χ4n) is 3.97. The first-order valence-electron chi connectivity index (χ1n) is 10.4. The Kier molecular flexibility index (Phi) is 6.40. The van der Waals surface area contributed by atoms with Crippen molar-refractivity contribution in [1.82, 2.24) is 9.21 Å². The number of benzene rings is 2. The molecule has 168 valence electrons. The fourth-order valence-corrected chi connectivity index (χ4v) is 5.43. The molecule has 0 aliphatic carbocycles. The Hall–Kier alpha value is -3.01. The summed E-state index contributed by atoms with van der Waals surface area (Å²) in [6.07, 6.45) is 3.59. The van der Waals surface area contributed by atoms with Crippen molar-refractivity contribution in [2.45, 2.75) is 24.3 Å². The molecule has 0 spiro atoms. The second kappa shape index (κ2) is 9.23. The lowest BCUT2D eigenvalue weighted by Gasteiger charge is -2.32. The first-order chi connectivity index (χ1) is 15.4. The summed E-state index contributed by atoms with van der Waals surface area (Å²) in [5.74, 6) is -0.473. The summed E-state index contributed by atoms with van der Waals surface area (Å²) in [6, 6.07) is 13.4. The number of fused-ring (bicyclic) bond motifs is 1. The molecule has 0 radical (unpaired) electrons. The van der Waals surface area contributed by atoms with Crippen molar-refractivity contribution in [3.8, 4) is 0 Å². The van der Waals surface area contributed by atoms with Gasteiger partial charge in [-0.05, 0) is 35.4 Å². The van der Waals surface area contributed by atoms with E-state index in [0.29, 0.717) is 32.0 Å². The van der Waals surface area contributed by atoms with Crippen molar-refractivity contribution in [3.63, 3.8) is 0 Å². The molecular formula is C23H25N3O5S. The Balaban J connectivity index is 1.51. The molecule has 1 fully saturated rings. The number of anilines is 1. The lowest BCUT2D eigenvalue weighted by molar-refractivity contribution is -0.129. The average Bonchev–Trinajstić information content (AvgIpc) is 2.80. The summed E-state index contributed by atoms with van der Waals surface area (Å²) in [6.45, 7) is 2.78. The van der Waals surface area contributed by atoms with Crippen LogP contribution in [0.1, 0.15) is 30.5 Å². The molecule has 0 bridgehead atoms.